The molecule has 1 heterocycles. The monoisotopic (exact) mass is 169 g/mol. The van der Waals surface area contributed by atoms with Crippen LogP contribution in [0.1, 0.15) is 38.5 Å². The van der Waals surface area contributed by atoms with Crippen molar-refractivity contribution in [3.63, 3.8) is 0 Å². The van der Waals surface area contributed by atoms with Gasteiger partial charge in [-0.1, -0.05) is 12.8 Å². The van der Waals surface area contributed by atoms with Crippen molar-refractivity contribution in [2.24, 2.45) is 0 Å². The van der Waals surface area contributed by atoms with Gasteiger partial charge in [-0.2, -0.15) is 0 Å². The van der Waals surface area contributed by atoms with Gasteiger partial charge in [0, 0.05) is 6.54 Å². The van der Waals surface area contributed by atoms with Gasteiger partial charge in [-0.25, -0.2) is 0 Å². The van der Waals surface area contributed by atoms with Crippen molar-refractivity contribution >= 4 is 0 Å². The Hall–Kier alpha value is -0.0800. The summed E-state index contributed by atoms with van der Waals surface area (Å²) in [5.41, 5.74) is 0. The lowest BCUT2D eigenvalue weighted by Gasteiger charge is -2.26. The van der Waals surface area contributed by atoms with E-state index in [1.54, 1.807) is 0 Å². The van der Waals surface area contributed by atoms with Gasteiger partial charge in [0.25, 0.3) is 0 Å². The van der Waals surface area contributed by atoms with Crippen molar-refractivity contribution < 1.29 is 4.74 Å². The lowest BCUT2D eigenvalue weighted by molar-refractivity contribution is -0.0188. The number of hydrogen-bond acceptors (Lipinski definition) is 2. The van der Waals surface area contributed by atoms with Crippen molar-refractivity contribution in [2.75, 3.05) is 13.1 Å². The zero-order valence-corrected chi connectivity index (χ0v) is 7.72. The van der Waals surface area contributed by atoms with Crippen LogP contribution in [0.3, 0.4) is 0 Å². The molecule has 0 bridgehead atoms. The molecule has 2 nitrogen and oxygen atoms in total. The number of ether oxygens (including phenoxy) is 1. The second kappa shape index (κ2) is 4.24. The molecule has 2 heteroatoms. The van der Waals surface area contributed by atoms with Gasteiger partial charge in [0.15, 0.2) is 0 Å². The molecule has 1 unspecified atom stereocenters. The summed E-state index contributed by atoms with van der Waals surface area (Å²) in [7, 11) is 0. The molecule has 2 aliphatic rings. The van der Waals surface area contributed by atoms with Crippen molar-refractivity contribution in [1.29, 1.82) is 0 Å². The molecule has 12 heavy (non-hydrogen) atoms. The van der Waals surface area contributed by atoms with Gasteiger partial charge in [0.1, 0.15) is 0 Å². The normalized spacial score (nSPS) is 32.5. The minimum atomic E-state index is 0.516. The first-order valence-corrected chi connectivity index (χ1v) is 5.31. The van der Waals surface area contributed by atoms with E-state index in [4.69, 9.17) is 4.74 Å². The lowest BCUT2D eigenvalue weighted by atomic mass is 10.1. The number of hydrogen-bond donors (Lipinski definition) is 1. The zero-order chi connectivity index (χ0) is 8.23. The van der Waals surface area contributed by atoms with E-state index >= 15 is 0 Å². The second-order valence-electron chi connectivity index (χ2n) is 4.01. The van der Waals surface area contributed by atoms with Crippen LogP contribution in [0.5, 0.6) is 0 Å². The van der Waals surface area contributed by atoms with Crippen molar-refractivity contribution in [1.82, 2.24) is 5.32 Å². The standard InChI is InChI=1S/C10H19NO/c1-2-5-9(4-1)12-10-6-3-7-11-8-10/h9-11H,1-8H2. The molecule has 1 saturated carbocycles. The van der Waals surface area contributed by atoms with Crippen molar-refractivity contribution in [3.05, 3.63) is 0 Å². The Balaban J connectivity index is 1.69. The fraction of sp³-hybridized carbons (Fsp3) is 1.00. The first-order chi connectivity index (χ1) is 5.95. The molecule has 1 aliphatic carbocycles. The molecule has 1 atom stereocenters. The van der Waals surface area contributed by atoms with Crippen molar-refractivity contribution in [3.8, 4) is 0 Å². The van der Waals surface area contributed by atoms with E-state index < -0.39 is 0 Å². The molecule has 0 spiro atoms. The minimum Gasteiger partial charge on any atom is -0.374 e. The Morgan fingerprint density at radius 1 is 0.917 bits per heavy atom. The van der Waals surface area contributed by atoms with Crippen molar-refractivity contribution in [2.45, 2.75) is 50.7 Å². The Kier molecular flexibility index (Phi) is 3.01. The van der Waals surface area contributed by atoms with Crippen LogP contribution in [0, 0.1) is 0 Å². The SMILES string of the molecule is C1CCC(OC2CCCNC2)C1. The highest BCUT2D eigenvalue weighted by molar-refractivity contribution is 4.73. The number of piperidine rings is 1. The van der Waals surface area contributed by atoms with Gasteiger partial charge in [0.05, 0.1) is 12.2 Å². The third kappa shape index (κ3) is 2.20. The summed E-state index contributed by atoms with van der Waals surface area (Å²) in [4.78, 5) is 0. The Morgan fingerprint density at radius 3 is 2.33 bits per heavy atom. The predicted molar refractivity (Wildman–Crippen MR) is 49.2 cm³/mol. The van der Waals surface area contributed by atoms with E-state index in [9.17, 15) is 0 Å². The van der Waals surface area contributed by atoms with Crippen LogP contribution < -0.4 is 5.32 Å². The van der Waals surface area contributed by atoms with Crippen LogP contribution in [0.15, 0.2) is 0 Å². The highest BCUT2D eigenvalue weighted by atomic mass is 16.5. The molecule has 0 aromatic carbocycles. The Morgan fingerprint density at radius 2 is 1.67 bits per heavy atom. The maximum Gasteiger partial charge on any atom is 0.0703 e. The van der Waals surface area contributed by atoms with Gasteiger partial charge in [-0.15, -0.1) is 0 Å². The van der Waals surface area contributed by atoms with Gasteiger partial charge in [-0.3, -0.25) is 0 Å². The third-order valence-corrected chi connectivity index (χ3v) is 2.94. The number of rotatable bonds is 2. The first-order valence-electron chi connectivity index (χ1n) is 5.31. The van der Waals surface area contributed by atoms with E-state index in [0.29, 0.717) is 12.2 Å². The average Bonchev–Trinajstić information content (AvgIpc) is 2.59. The van der Waals surface area contributed by atoms with E-state index in [2.05, 4.69) is 5.32 Å². The second-order valence-corrected chi connectivity index (χ2v) is 4.01. The minimum absolute atomic E-state index is 0.516. The lowest BCUT2D eigenvalue weighted by Crippen LogP contribution is -2.37. The van der Waals surface area contributed by atoms with Crippen LogP contribution in [0.2, 0.25) is 0 Å². The fourth-order valence-electron chi connectivity index (χ4n) is 2.23. The summed E-state index contributed by atoms with van der Waals surface area (Å²) >= 11 is 0. The predicted octanol–water partition coefficient (Wildman–Crippen LogP) is 1.70. The van der Waals surface area contributed by atoms with Gasteiger partial charge in [0.2, 0.25) is 0 Å². The third-order valence-electron chi connectivity index (χ3n) is 2.94. The van der Waals surface area contributed by atoms with Gasteiger partial charge >= 0.3 is 0 Å². The Labute approximate surface area is 74.7 Å². The fourth-order valence-corrected chi connectivity index (χ4v) is 2.23. The van der Waals surface area contributed by atoms with Gasteiger partial charge in [-0.05, 0) is 32.2 Å². The summed E-state index contributed by atoms with van der Waals surface area (Å²) in [6, 6.07) is 0. The molecule has 1 aliphatic heterocycles. The molecule has 0 aromatic rings. The first kappa shape index (κ1) is 8.52. The maximum absolute atomic E-state index is 5.99. The summed E-state index contributed by atoms with van der Waals surface area (Å²) in [6.07, 6.45) is 9.03. The summed E-state index contributed by atoms with van der Waals surface area (Å²) in [5, 5.41) is 3.38. The highest BCUT2D eigenvalue weighted by Gasteiger charge is 2.21. The molecule has 2 fully saturated rings. The summed E-state index contributed by atoms with van der Waals surface area (Å²) in [6.45, 7) is 2.26. The molecule has 2 rings (SSSR count). The van der Waals surface area contributed by atoms with Crippen LogP contribution >= 0.6 is 0 Å². The molecule has 0 amide bonds. The topological polar surface area (TPSA) is 21.3 Å². The summed E-state index contributed by atoms with van der Waals surface area (Å²) in [5.74, 6) is 0. The van der Waals surface area contributed by atoms with E-state index in [1.165, 1.54) is 45.1 Å². The molecule has 70 valence electrons. The molecule has 0 aromatic heterocycles. The van der Waals surface area contributed by atoms with Crippen LogP contribution in [-0.4, -0.2) is 25.3 Å². The smallest absolute Gasteiger partial charge is 0.0703 e. The molecular weight excluding hydrogens is 150 g/mol. The van der Waals surface area contributed by atoms with E-state index in [0.717, 1.165) is 6.54 Å². The number of nitrogens with one attached hydrogen (secondary N) is 1. The van der Waals surface area contributed by atoms with E-state index in [1.807, 2.05) is 0 Å². The van der Waals surface area contributed by atoms with E-state index in [-0.39, 0.29) is 0 Å². The molecule has 0 radical (unpaired) electrons. The molecular formula is C10H19NO. The molecule has 1 saturated heterocycles. The largest absolute Gasteiger partial charge is 0.374 e. The quantitative estimate of drug-likeness (QED) is 0.679. The zero-order valence-electron chi connectivity index (χ0n) is 7.72. The maximum atomic E-state index is 5.99. The van der Waals surface area contributed by atoms with Crippen LogP contribution in [-0.2, 0) is 4.74 Å². The summed E-state index contributed by atoms with van der Waals surface area (Å²) < 4.78 is 5.99. The van der Waals surface area contributed by atoms with Crippen LogP contribution in [0.25, 0.3) is 0 Å². The average molecular weight is 169 g/mol. The van der Waals surface area contributed by atoms with Crippen LogP contribution in [0.4, 0.5) is 0 Å². The van der Waals surface area contributed by atoms with Gasteiger partial charge < -0.3 is 10.1 Å². The molecule has 1 N–H and O–H groups in total. The Bertz CT molecular complexity index is 126. The highest BCUT2D eigenvalue weighted by Crippen LogP contribution is 2.23.